The van der Waals surface area contributed by atoms with Crippen LogP contribution in [0, 0.1) is 28.5 Å². The monoisotopic (exact) mass is 599 g/mol. The van der Waals surface area contributed by atoms with E-state index < -0.39 is 11.8 Å². The fourth-order valence-corrected chi connectivity index (χ4v) is 5.22. The van der Waals surface area contributed by atoms with Gasteiger partial charge in [0.25, 0.3) is 0 Å². The second-order valence-electron chi connectivity index (χ2n) is 10.7. The number of nitrogens with one attached hydrogen (secondary N) is 1. The molecular weight excluding hydrogens is 565 g/mol. The van der Waals surface area contributed by atoms with Crippen LogP contribution in [0.3, 0.4) is 0 Å². The van der Waals surface area contributed by atoms with Crippen molar-refractivity contribution in [1.82, 2.24) is 4.98 Å². The SMILES string of the molecule is N#Cc1ccc(-c2c(-c3ccc(NC(=O)CCCCCCC(=O)ON)c(O)c3)cnc(N3CCC(N)CC3)c2C#N)cc1F. The molecule has 3 aromatic rings. The van der Waals surface area contributed by atoms with Crippen molar-refractivity contribution in [1.29, 1.82) is 10.5 Å². The lowest BCUT2D eigenvalue weighted by Crippen LogP contribution is -2.40. The van der Waals surface area contributed by atoms with E-state index >= 15 is 0 Å². The first-order valence-corrected chi connectivity index (χ1v) is 14.4. The zero-order valence-electron chi connectivity index (χ0n) is 24.2. The van der Waals surface area contributed by atoms with Crippen molar-refractivity contribution in [2.75, 3.05) is 23.3 Å². The molecule has 1 saturated heterocycles. The predicted molar refractivity (Wildman–Crippen MR) is 162 cm³/mol. The lowest BCUT2D eigenvalue weighted by atomic mass is 9.91. The van der Waals surface area contributed by atoms with E-state index in [4.69, 9.17) is 11.6 Å². The smallest absolute Gasteiger partial charge is 0.324 e. The van der Waals surface area contributed by atoms with E-state index in [1.165, 1.54) is 18.2 Å². The molecule has 2 heterocycles. The Kier molecular flexibility index (Phi) is 10.8. The zero-order chi connectivity index (χ0) is 31.6. The summed E-state index contributed by atoms with van der Waals surface area (Å²) in [5.41, 5.74) is 8.15. The van der Waals surface area contributed by atoms with Gasteiger partial charge in [0.05, 0.1) is 11.3 Å². The average molecular weight is 600 g/mol. The number of pyridine rings is 1. The highest BCUT2D eigenvalue weighted by Gasteiger charge is 2.25. The van der Waals surface area contributed by atoms with Gasteiger partial charge in [-0.3, -0.25) is 9.59 Å². The van der Waals surface area contributed by atoms with Crippen molar-refractivity contribution < 1.29 is 23.9 Å². The molecule has 0 spiro atoms. The summed E-state index contributed by atoms with van der Waals surface area (Å²) >= 11 is 0. The summed E-state index contributed by atoms with van der Waals surface area (Å²) in [4.78, 5) is 34.3. The number of phenolic OH excluding ortho intramolecular Hbond substituents is 1. The Labute approximate surface area is 254 Å². The summed E-state index contributed by atoms with van der Waals surface area (Å²) < 4.78 is 14.8. The number of nitriles is 2. The number of carbonyl (C=O) groups is 2. The van der Waals surface area contributed by atoms with Crippen molar-refractivity contribution in [2.45, 2.75) is 57.4 Å². The minimum Gasteiger partial charge on any atom is -0.506 e. The molecule has 1 aliphatic rings. The van der Waals surface area contributed by atoms with Gasteiger partial charge in [-0.2, -0.15) is 16.4 Å². The quantitative estimate of drug-likeness (QED) is 0.137. The van der Waals surface area contributed by atoms with Crippen LogP contribution in [0.2, 0.25) is 0 Å². The van der Waals surface area contributed by atoms with Gasteiger partial charge in [-0.1, -0.05) is 25.0 Å². The molecule has 44 heavy (non-hydrogen) atoms. The molecule has 0 unspecified atom stereocenters. The van der Waals surface area contributed by atoms with Crippen molar-refractivity contribution >= 4 is 23.4 Å². The third kappa shape index (κ3) is 7.67. The number of halogens is 1. The molecule has 0 bridgehead atoms. The summed E-state index contributed by atoms with van der Waals surface area (Å²) in [5.74, 6) is 3.60. The number of carbonyl (C=O) groups excluding carboxylic acids is 2. The number of unbranched alkanes of at least 4 members (excludes halogenated alkanes) is 3. The molecule has 0 aliphatic carbocycles. The third-order valence-electron chi connectivity index (χ3n) is 7.64. The number of hydrogen-bond donors (Lipinski definition) is 4. The second-order valence-corrected chi connectivity index (χ2v) is 10.7. The number of benzene rings is 2. The van der Waals surface area contributed by atoms with Gasteiger partial charge in [-0.25, -0.2) is 9.37 Å². The number of nitrogens with two attached hydrogens (primary N) is 2. The third-order valence-corrected chi connectivity index (χ3v) is 7.64. The molecule has 228 valence electrons. The van der Waals surface area contributed by atoms with Crippen molar-refractivity contribution in [3.8, 4) is 40.1 Å². The number of rotatable bonds is 11. The van der Waals surface area contributed by atoms with Gasteiger partial charge >= 0.3 is 5.97 Å². The Hall–Kier alpha value is -5.04. The molecular formula is C32H34FN7O4. The number of phenols is 1. The van der Waals surface area contributed by atoms with Crippen LogP contribution < -0.4 is 21.8 Å². The minimum absolute atomic E-state index is 0.0686. The largest absolute Gasteiger partial charge is 0.506 e. The maximum absolute atomic E-state index is 14.8. The normalized spacial score (nSPS) is 13.2. The molecule has 0 atom stereocenters. The van der Waals surface area contributed by atoms with Gasteiger partial charge in [-0.05, 0) is 61.1 Å². The van der Waals surface area contributed by atoms with Crippen LogP contribution in [0.4, 0.5) is 15.9 Å². The molecule has 0 saturated carbocycles. The van der Waals surface area contributed by atoms with Crippen LogP contribution in [0.5, 0.6) is 5.75 Å². The molecule has 1 aromatic heterocycles. The topological polar surface area (TPSA) is 191 Å². The van der Waals surface area contributed by atoms with Crippen LogP contribution in [-0.2, 0) is 14.4 Å². The Balaban J connectivity index is 1.60. The second kappa shape index (κ2) is 14.9. The van der Waals surface area contributed by atoms with E-state index in [1.807, 2.05) is 11.0 Å². The molecule has 0 radical (unpaired) electrons. The molecule has 12 heteroatoms. The molecule has 6 N–H and O–H groups in total. The highest BCUT2D eigenvalue weighted by Crippen LogP contribution is 2.41. The number of aromatic nitrogens is 1. The number of anilines is 2. The summed E-state index contributed by atoms with van der Waals surface area (Å²) in [6.07, 6.45) is 6.22. The predicted octanol–water partition coefficient (Wildman–Crippen LogP) is 4.63. The van der Waals surface area contributed by atoms with Crippen LogP contribution in [0.1, 0.15) is 62.5 Å². The summed E-state index contributed by atoms with van der Waals surface area (Å²) in [6, 6.07) is 13.0. The summed E-state index contributed by atoms with van der Waals surface area (Å²) in [6.45, 7) is 1.23. The lowest BCUT2D eigenvalue weighted by molar-refractivity contribution is -0.144. The van der Waals surface area contributed by atoms with Gasteiger partial charge < -0.3 is 25.9 Å². The van der Waals surface area contributed by atoms with E-state index in [1.54, 1.807) is 24.4 Å². The fraction of sp³-hybridized carbons (Fsp3) is 0.344. The van der Waals surface area contributed by atoms with E-state index in [2.05, 4.69) is 21.2 Å². The molecule has 4 rings (SSSR count). The standard InChI is InChI=1S/C32H34FN7O4/c33-26-15-21(7-8-22(26)17-34)31-24(18-35)32(40-13-11-23(36)12-14-40)38-19-25(31)20-9-10-27(28(41)16-20)39-29(42)5-3-1-2-4-6-30(43)44-37/h7-10,15-16,19,23,41H,1-6,11-14,36-37H2,(H,39,42). The number of aromatic hydroxyl groups is 1. The van der Waals surface area contributed by atoms with E-state index in [9.17, 15) is 29.6 Å². The highest BCUT2D eigenvalue weighted by atomic mass is 19.1. The summed E-state index contributed by atoms with van der Waals surface area (Å²) in [5, 5.41) is 33.1. The number of nitrogens with zero attached hydrogens (tertiary/aromatic N) is 4. The number of piperidine rings is 1. The molecule has 1 amide bonds. The minimum atomic E-state index is -0.721. The number of amides is 1. The van der Waals surface area contributed by atoms with Gasteiger partial charge in [0.15, 0.2) is 0 Å². The molecule has 1 fully saturated rings. The van der Waals surface area contributed by atoms with Gasteiger partial charge in [0, 0.05) is 49.3 Å². The van der Waals surface area contributed by atoms with Gasteiger partial charge in [-0.15, -0.1) is 0 Å². The Morgan fingerprint density at radius 2 is 1.75 bits per heavy atom. The van der Waals surface area contributed by atoms with E-state index in [0.717, 1.165) is 25.7 Å². The van der Waals surface area contributed by atoms with E-state index in [-0.39, 0.29) is 47.4 Å². The van der Waals surface area contributed by atoms with Gasteiger partial charge in [0.1, 0.15) is 35.1 Å². The fourth-order valence-electron chi connectivity index (χ4n) is 5.22. The first-order valence-electron chi connectivity index (χ1n) is 14.4. The van der Waals surface area contributed by atoms with E-state index in [0.29, 0.717) is 54.0 Å². The Morgan fingerprint density at radius 3 is 2.39 bits per heavy atom. The van der Waals surface area contributed by atoms with Crippen LogP contribution >= 0.6 is 0 Å². The average Bonchev–Trinajstić information content (AvgIpc) is 3.03. The highest BCUT2D eigenvalue weighted by molar-refractivity contribution is 5.94. The summed E-state index contributed by atoms with van der Waals surface area (Å²) in [7, 11) is 0. The lowest BCUT2D eigenvalue weighted by Gasteiger charge is -2.32. The zero-order valence-corrected chi connectivity index (χ0v) is 24.2. The van der Waals surface area contributed by atoms with Crippen molar-refractivity contribution in [2.24, 2.45) is 11.6 Å². The number of hydrogen-bond acceptors (Lipinski definition) is 10. The van der Waals surface area contributed by atoms with Crippen molar-refractivity contribution in [3.63, 3.8) is 0 Å². The first-order chi connectivity index (χ1) is 21.2. The van der Waals surface area contributed by atoms with Crippen molar-refractivity contribution in [3.05, 3.63) is 59.5 Å². The Morgan fingerprint density at radius 1 is 1.05 bits per heavy atom. The first kappa shape index (κ1) is 31.9. The van der Waals surface area contributed by atoms with Crippen LogP contribution in [0.25, 0.3) is 22.3 Å². The van der Waals surface area contributed by atoms with Crippen LogP contribution in [-0.4, -0.2) is 41.1 Å². The molecule has 2 aromatic carbocycles. The maximum atomic E-state index is 14.8. The molecule has 1 aliphatic heterocycles. The maximum Gasteiger partial charge on any atom is 0.324 e. The van der Waals surface area contributed by atoms with Crippen LogP contribution in [0.15, 0.2) is 42.6 Å². The van der Waals surface area contributed by atoms with Gasteiger partial charge in [0.2, 0.25) is 5.91 Å². The molecule has 11 nitrogen and oxygen atoms in total. The Bertz CT molecular complexity index is 1610.